The van der Waals surface area contributed by atoms with Crippen LogP contribution in [0.15, 0.2) is 97.1 Å². The van der Waals surface area contributed by atoms with Gasteiger partial charge in [0.05, 0.1) is 21.6 Å². The molecule has 4 amide bonds. The third-order valence-electron chi connectivity index (χ3n) is 11.7. The molecule has 4 atom stereocenters. The van der Waals surface area contributed by atoms with Crippen LogP contribution in [0.3, 0.4) is 0 Å². The van der Waals surface area contributed by atoms with Gasteiger partial charge in [0.15, 0.2) is 16.8 Å². The Labute approximate surface area is 703 Å². The van der Waals surface area contributed by atoms with Crippen LogP contribution in [-0.2, 0) is 65.3 Å². The van der Waals surface area contributed by atoms with Gasteiger partial charge in [-0.25, -0.2) is 28.8 Å². The first-order chi connectivity index (χ1) is 44.6. The Kier molecular flexibility index (Phi) is 49.0. The number of hydrogen-bond acceptors (Lipinski definition) is 20. The maximum atomic E-state index is 12.8. The van der Waals surface area contributed by atoms with Gasteiger partial charge in [0.1, 0.15) is 34.9 Å². The molecule has 0 spiro atoms. The van der Waals surface area contributed by atoms with E-state index in [1.165, 1.54) is 41.5 Å². The Balaban J connectivity index is -0.000000695. The van der Waals surface area contributed by atoms with Crippen LogP contribution in [0, 0.1) is 11.8 Å². The van der Waals surface area contributed by atoms with E-state index in [0.29, 0.717) is 58.6 Å². The van der Waals surface area contributed by atoms with Crippen LogP contribution >= 0.6 is 34.8 Å². The maximum Gasteiger partial charge on any atom is 1.00 e. The standard InChI is InChI=1S/C32H43ClN2O9.C19H20ClNO4.C13H24ClNO5.CH3F.CH2O3.2Cs.H/c1-20(2)26(19-35-29(38)44-31(4,5)6)42-30(39)41-21(3)40-28(37)32(7,8)43-25-15-9-22(10-16-25)17-18-34-27(36)23-11-13-24(33)14-12-23;1-19(2,18(23)24)25-16-9-3-13(4-10-16)11-12-21-17(22)14-5-7-15(20)8-6-14;1-8(2)10(19-12(17)18-9(3)14)7-15-11(16)20-13(4,5)6;1-2;2-1-4-3;;;/h9-16,20-21,26H,17-19H2,1-8H3,(H,34,36)(H,35,38);3-10H,11-12H2,1-2H3,(H,21,22)(H,23,24);8-10H,7H2,1-6H3,(H,15,16);1H3;1,3H;;;/q;;;;;2*+1;-1/p-1/i;;;1D;;;;. The van der Waals surface area contributed by atoms with E-state index in [1.54, 1.807) is 114 Å². The average Bonchev–Trinajstić information content (AvgIpc) is 0.857. The number of alkyl carbamates (subject to hydrolysis) is 2. The van der Waals surface area contributed by atoms with Crippen molar-refractivity contribution in [1.82, 2.24) is 21.3 Å². The number of carboxylic acid groups (broad SMARTS) is 1. The normalized spacial score (nSPS) is 12.1. The van der Waals surface area contributed by atoms with Gasteiger partial charge < -0.3 is 80.6 Å². The van der Waals surface area contributed by atoms with Gasteiger partial charge >= 0.3 is 174 Å². The molecule has 4 aromatic rings. The molecule has 0 aliphatic carbocycles. The van der Waals surface area contributed by atoms with Gasteiger partial charge in [-0.1, -0.05) is 86.8 Å². The van der Waals surface area contributed by atoms with Crippen molar-refractivity contribution >= 4 is 89.5 Å². The number of rotatable bonds is 26. The van der Waals surface area contributed by atoms with E-state index in [4.69, 9.17) is 89.2 Å². The van der Waals surface area contributed by atoms with Crippen LogP contribution in [0.5, 0.6) is 11.5 Å². The second kappa shape index (κ2) is 50.2. The average molecular weight is 1670 g/mol. The number of carbonyl (C=O) groups is 9. The molecule has 4 aromatic carbocycles. The van der Waals surface area contributed by atoms with E-state index in [0.717, 1.165) is 11.1 Å². The zero-order chi connectivity index (χ0) is 73.6. The minimum absolute atomic E-state index is 0. The number of ether oxygens (including phenoxy) is 9. The fraction of sp³-hybridized carbons (Fsp3) is 0.500. The number of hydrogen-bond donors (Lipinski definition) is 5. The molecule has 0 heterocycles. The summed E-state index contributed by atoms with van der Waals surface area (Å²) in [5, 5.41) is 29.5. The van der Waals surface area contributed by atoms with Crippen molar-refractivity contribution in [1.29, 1.82) is 0 Å². The van der Waals surface area contributed by atoms with E-state index in [1.807, 2.05) is 52.0 Å². The number of carbonyl (C=O) groups excluding carboxylic acids is 8. The molecule has 4 unspecified atom stereocenters. The molecule has 0 saturated heterocycles. The maximum absolute atomic E-state index is 12.8. The van der Waals surface area contributed by atoms with Crippen molar-refractivity contribution in [2.75, 3.05) is 33.3 Å². The van der Waals surface area contributed by atoms with Gasteiger partial charge in [0, 0.05) is 41.2 Å². The van der Waals surface area contributed by atoms with Crippen LogP contribution in [0.1, 0.15) is 145 Å². The minimum atomic E-state index is -1.41. The number of carboxylic acids is 1. The van der Waals surface area contributed by atoms with Gasteiger partial charge in [-0.2, -0.15) is 0 Å². The molecule has 31 heteroatoms. The van der Waals surface area contributed by atoms with Gasteiger partial charge in [-0.15, -0.1) is 0 Å². The molecule has 25 nitrogen and oxygen atoms in total. The monoisotopic (exact) mass is 1670 g/mol. The Hall–Kier alpha value is -4.23. The van der Waals surface area contributed by atoms with Gasteiger partial charge in [0.2, 0.25) is 6.29 Å². The number of halogens is 4. The van der Waals surface area contributed by atoms with E-state index < -0.39 is 90.1 Å². The van der Waals surface area contributed by atoms with Crippen molar-refractivity contribution in [3.63, 3.8) is 0 Å². The Morgan fingerprint density at radius 3 is 1.19 bits per heavy atom. The summed E-state index contributed by atoms with van der Waals surface area (Å²) < 4.78 is 62.5. The van der Waals surface area contributed by atoms with Crippen LogP contribution < -0.4 is 174 Å². The number of alkyl halides is 2. The molecule has 0 aromatic heterocycles. The van der Waals surface area contributed by atoms with Crippen molar-refractivity contribution < 1.29 is 246 Å². The molecule has 532 valence electrons. The molecule has 5 N–H and O–H groups in total. The fourth-order valence-corrected chi connectivity index (χ4v) is 7.21. The third kappa shape index (κ3) is 46.0. The van der Waals surface area contributed by atoms with E-state index in [2.05, 4.69) is 30.9 Å². The van der Waals surface area contributed by atoms with Crippen molar-refractivity contribution in [3.8, 4) is 11.5 Å². The summed E-state index contributed by atoms with van der Waals surface area (Å²) in [7, 11) is -1.00. The molecular formula is C66H92Cl3Cs2FN4O21. The largest absolute Gasteiger partial charge is 1.00 e. The van der Waals surface area contributed by atoms with Crippen molar-refractivity contribution in [2.45, 2.75) is 170 Å². The molecule has 97 heavy (non-hydrogen) atoms. The van der Waals surface area contributed by atoms with Crippen LogP contribution in [0.2, 0.25) is 10.0 Å². The summed E-state index contributed by atoms with van der Waals surface area (Å²) in [6.45, 7) is 27.7. The summed E-state index contributed by atoms with van der Waals surface area (Å²) in [6.07, 6.45) is -4.39. The summed E-state index contributed by atoms with van der Waals surface area (Å²) in [6, 6.07) is 27.6. The number of esters is 1. The summed E-state index contributed by atoms with van der Waals surface area (Å²) >= 11 is 17.2. The SMILES string of the molecule is CC(C)(Oc1ccc(CCNC(=O)c2ccc(Cl)cc2)cc1)C(=O)O.CC(Cl)OC(=O)OC(CNC(=O)OC(C)(C)C)C(C)C.CC(OC(=O)OC(CNC(=O)OC(C)(C)C)C(C)C)OC(=O)C(C)(C)Oc1ccc(CCNC(=O)c2ccc(Cl)cc2)cc1.O=CO[O-].[2H]CF.[Cs+].[Cs+].[H-]. The second-order valence-electron chi connectivity index (χ2n) is 23.9. The molecule has 0 aliphatic heterocycles. The first kappa shape index (κ1) is 94.8. The van der Waals surface area contributed by atoms with Gasteiger partial charge in [0.25, 0.3) is 18.3 Å². The Bertz CT molecular complexity index is 3020. The van der Waals surface area contributed by atoms with Crippen molar-refractivity contribution in [3.05, 3.63) is 129 Å². The number of amides is 4. The summed E-state index contributed by atoms with van der Waals surface area (Å²) in [4.78, 5) is 107. The fourth-order valence-electron chi connectivity index (χ4n) is 6.88. The molecule has 0 bridgehead atoms. The van der Waals surface area contributed by atoms with Crippen LogP contribution in [0.4, 0.5) is 23.6 Å². The van der Waals surface area contributed by atoms with Gasteiger partial charge in [-0.3, -0.25) is 18.8 Å². The molecule has 0 fully saturated rings. The zero-order valence-electron chi connectivity index (χ0n) is 60.4. The molecule has 0 radical (unpaired) electrons. The van der Waals surface area contributed by atoms with Crippen LogP contribution in [0.25, 0.3) is 0 Å². The summed E-state index contributed by atoms with van der Waals surface area (Å²) in [5.74, 6) is -1.37. The Morgan fingerprint density at radius 2 is 0.887 bits per heavy atom. The van der Waals surface area contributed by atoms with E-state index in [9.17, 15) is 42.7 Å². The smallest absolute Gasteiger partial charge is 1.00 e. The predicted molar refractivity (Wildman–Crippen MR) is 352 cm³/mol. The van der Waals surface area contributed by atoms with Gasteiger partial charge in [-0.05, 0) is 185 Å². The minimum Gasteiger partial charge on any atom is -1.00 e. The zero-order valence-corrected chi connectivity index (χ0v) is 73.2. The van der Waals surface area contributed by atoms with E-state index in [-0.39, 0.29) is 182 Å². The summed E-state index contributed by atoms with van der Waals surface area (Å²) in [5.41, 5.74) is -1.66. The van der Waals surface area contributed by atoms with Crippen molar-refractivity contribution in [2.24, 2.45) is 11.8 Å². The number of benzene rings is 4. The van der Waals surface area contributed by atoms with Crippen LogP contribution in [-0.4, -0.2) is 140 Å². The number of nitrogens with one attached hydrogen (secondary N) is 4. The topological polar surface area (TPSA) is 337 Å². The molecule has 0 saturated carbocycles. The molecular weight excluding hydrogens is 1580 g/mol. The third-order valence-corrected chi connectivity index (χ3v) is 12.3. The van der Waals surface area contributed by atoms with E-state index >= 15 is 0 Å². The first-order valence-corrected chi connectivity index (χ1v) is 30.7. The Morgan fingerprint density at radius 1 is 0.557 bits per heavy atom. The quantitative estimate of drug-likeness (QED) is 0.00911. The molecule has 4 rings (SSSR count). The first-order valence-electron chi connectivity index (χ1n) is 30.3. The predicted octanol–water partition coefficient (Wildman–Crippen LogP) is 6.03. The number of aliphatic carboxylic acids is 1. The molecule has 0 aliphatic rings. The second-order valence-corrected chi connectivity index (χ2v) is 25.3.